The molecule has 1 aromatic carbocycles. The first kappa shape index (κ1) is 9.15. The van der Waals surface area contributed by atoms with Gasteiger partial charge >= 0.3 is 0 Å². The molecule has 0 atom stereocenters. The van der Waals surface area contributed by atoms with Gasteiger partial charge in [0.15, 0.2) is 0 Å². The van der Waals surface area contributed by atoms with Crippen LogP contribution in [0.25, 0.3) is 11.0 Å². The SMILES string of the molecule is CCOCCn1nnc2ccccc21. The summed E-state index contributed by atoms with van der Waals surface area (Å²) in [6.07, 6.45) is 0. The summed E-state index contributed by atoms with van der Waals surface area (Å²) >= 11 is 0. The normalized spacial score (nSPS) is 10.9. The Morgan fingerprint density at radius 1 is 1.36 bits per heavy atom. The number of hydrogen-bond donors (Lipinski definition) is 0. The highest BCUT2D eigenvalue weighted by Crippen LogP contribution is 2.08. The maximum atomic E-state index is 5.27. The van der Waals surface area contributed by atoms with E-state index in [-0.39, 0.29) is 0 Å². The number of benzene rings is 1. The van der Waals surface area contributed by atoms with Crippen molar-refractivity contribution in [3.8, 4) is 0 Å². The van der Waals surface area contributed by atoms with Gasteiger partial charge in [0.25, 0.3) is 0 Å². The molecule has 0 bridgehead atoms. The largest absolute Gasteiger partial charge is 0.380 e. The molecule has 0 N–H and O–H groups in total. The summed E-state index contributed by atoms with van der Waals surface area (Å²) < 4.78 is 7.13. The van der Waals surface area contributed by atoms with E-state index in [1.54, 1.807) is 0 Å². The molecule has 4 nitrogen and oxygen atoms in total. The third-order valence-corrected chi connectivity index (χ3v) is 2.07. The fraction of sp³-hybridized carbons (Fsp3) is 0.400. The molecule has 0 amide bonds. The van der Waals surface area contributed by atoms with Gasteiger partial charge in [-0.05, 0) is 19.1 Å². The number of fused-ring (bicyclic) bond motifs is 1. The molecule has 0 aliphatic rings. The van der Waals surface area contributed by atoms with E-state index in [4.69, 9.17) is 4.74 Å². The molecule has 14 heavy (non-hydrogen) atoms. The Balaban J connectivity index is 2.17. The average Bonchev–Trinajstić information content (AvgIpc) is 2.63. The quantitative estimate of drug-likeness (QED) is 0.687. The summed E-state index contributed by atoms with van der Waals surface area (Å²) in [5.41, 5.74) is 2.00. The van der Waals surface area contributed by atoms with E-state index in [0.717, 1.165) is 24.2 Å². The minimum Gasteiger partial charge on any atom is -0.380 e. The van der Waals surface area contributed by atoms with E-state index in [1.165, 1.54) is 0 Å². The number of nitrogens with zero attached hydrogens (tertiary/aromatic N) is 3. The van der Waals surface area contributed by atoms with Crippen LogP contribution in [0.2, 0.25) is 0 Å². The van der Waals surface area contributed by atoms with Crippen molar-refractivity contribution in [2.45, 2.75) is 13.5 Å². The second kappa shape index (κ2) is 4.19. The summed E-state index contributed by atoms with van der Waals surface area (Å²) in [5, 5.41) is 8.11. The summed E-state index contributed by atoms with van der Waals surface area (Å²) in [6.45, 7) is 4.17. The highest BCUT2D eigenvalue weighted by atomic mass is 16.5. The van der Waals surface area contributed by atoms with Crippen LogP contribution >= 0.6 is 0 Å². The van der Waals surface area contributed by atoms with Gasteiger partial charge in [-0.15, -0.1) is 5.10 Å². The predicted molar refractivity (Wildman–Crippen MR) is 54.0 cm³/mol. The van der Waals surface area contributed by atoms with Crippen LogP contribution in [0.5, 0.6) is 0 Å². The number of aromatic nitrogens is 3. The van der Waals surface area contributed by atoms with Gasteiger partial charge in [-0.25, -0.2) is 4.68 Å². The van der Waals surface area contributed by atoms with Crippen LogP contribution in [-0.4, -0.2) is 28.2 Å². The van der Waals surface area contributed by atoms with Crippen molar-refractivity contribution in [3.05, 3.63) is 24.3 Å². The number of rotatable bonds is 4. The minimum atomic E-state index is 0.684. The Bertz CT molecular complexity index is 410. The van der Waals surface area contributed by atoms with Crippen LogP contribution in [-0.2, 0) is 11.3 Å². The van der Waals surface area contributed by atoms with Crippen LogP contribution in [0.1, 0.15) is 6.92 Å². The van der Waals surface area contributed by atoms with E-state index in [9.17, 15) is 0 Å². The van der Waals surface area contributed by atoms with Crippen LogP contribution in [0.3, 0.4) is 0 Å². The van der Waals surface area contributed by atoms with E-state index in [0.29, 0.717) is 6.61 Å². The third-order valence-electron chi connectivity index (χ3n) is 2.07. The van der Waals surface area contributed by atoms with Crippen molar-refractivity contribution in [2.24, 2.45) is 0 Å². The minimum absolute atomic E-state index is 0.684. The van der Waals surface area contributed by atoms with Gasteiger partial charge in [-0.2, -0.15) is 0 Å². The predicted octanol–water partition coefficient (Wildman–Crippen LogP) is 1.47. The zero-order valence-corrected chi connectivity index (χ0v) is 8.18. The van der Waals surface area contributed by atoms with Crippen LogP contribution < -0.4 is 0 Å². The summed E-state index contributed by atoms with van der Waals surface area (Å²) in [4.78, 5) is 0. The Hall–Kier alpha value is -1.42. The van der Waals surface area contributed by atoms with Crippen LogP contribution in [0.15, 0.2) is 24.3 Å². The Labute approximate surface area is 82.5 Å². The van der Waals surface area contributed by atoms with Gasteiger partial charge < -0.3 is 4.74 Å². The molecule has 0 aliphatic heterocycles. The lowest BCUT2D eigenvalue weighted by Gasteiger charge is -2.01. The fourth-order valence-electron chi connectivity index (χ4n) is 1.38. The van der Waals surface area contributed by atoms with Gasteiger partial charge in [-0.3, -0.25) is 0 Å². The monoisotopic (exact) mass is 191 g/mol. The number of ether oxygens (including phenoxy) is 1. The highest BCUT2D eigenvalue weighted by molar-refractivity contribution is 5.73. The fourth-order valence-corrected chi connectivity index (χ4v) is 1.38. The Kier molecular flexibility index (Phi) is 2.74. The molecule has 0 fully saturated rings. The lowest BCUT2D eigenvalue weighted by molar-refractivity contribution is 0.137. The zero-order valence-electron chi connectivity index (χ0n) is 8.18. The first-order valence-corrected chi connectivity index (χ1v) is 4.78. The molecule has 0 saturated heterocycles. The molecule has 1 heterocycles. The third kappa shape index (κ3) is 1.75. The molecule has 2 aromatic rings. The standard InChI is InChI=1S/C10H13N3O/c1-2-14-8-7-13-10-6-4-3-5-9(10)11-12-13/h3-6H,2,7-8H2,1H3. The van der Waals surface area contributed by atoms with Gasteiger partial charge in [0.1, 0.15) is 5.52 Å². The van der Waals surface area contributed by atoms with Crippen LogP contribution in [0.4, 0.5) is 0 Å². The highest BCUT2D eigenvalue weighted by Gasteiger charge is 2.01. The molecule has 0 radical (unpaired) electrons. The maximum absolute atomic E-state index is 5.27. The van der Waals surface area contributed by atoms with Crippen molar-refractivity contribution < 1.29 is 4.74 Å². The Morgan fingerprint density at radius 2 is 2.21 bits per heavy atom. The van der Waals surface area contributed by atoms with Gasteiger partial charge in [0.2, 0.25) is 0 Å². The lowest BCUT2D eigenvalue weighted by Crippen LogP contribution is -2.07. The summed E-state index contributed by atoms with van der Waals surface area (Å²) in [5.74, 6) is 0. The molecule has 0 spiro atoms. The second-order valence-electron chi connectivity index (χ2n) is 3.00. The Morgan fingerprint density at radius 3 is 3.07 bits per heavy atom. The molecule has 0 aliphatic carbocycles. The van der Waals surface area contributed by atoms with E-state index in [2.05, 4.69) is 10.3 Å². The van der Waals surface area contributed by atoms with Crippen molar-refractivity contribution in [1.82, 2.24) is 15.0 Å². The first-order valence-electron chi connectivity index (χ1n) is 4.78. The van der Waals surface area contributed by atoms with Crippen molar-refractivity contribution in [2.75, 3.05) is 13.2 Å². The van der Waals surface area contributed by atoms with Crippen molar-refractivity contribution in [1.29, 1.82) is 0 Å². The molecule has 4 heteroatoms. The van der Waals surface area contributed by atoms with Gasteiger partial charge in [0, 0.05) is 6.61 Å². The van der Waals surface area contributed by atoms with E-state index >= 15 is 0 Å². The van der Waals surface area contributed by atoms with E-state index in [1.807, 2.05) is 35.9 Å². The summed E-state index contributed by atoms with van der Waals surface area (Å²) in [6, 6.07) is 7.92. The zero-order chi connectivity index (χ0) is 9.80. The van der Waals surface area contributed by atoms with Gasteiger partial charge in [0.05, 0.1) is 18.7 Å². The molecular weight excluding hydrogens is 178 g/mol. The smallest absolute Gasteiger partial charge is 0.113 e. The molecule has 0 saturated carbocycles. The maximum Gasteiger partial charge on any atom is 0.113 e. The molecular formula is C10H13N3O. The van der Waals surface area contributed by atoms with Crippen molar-refractivity contribution >= 4 is 11.0 Å². The van der Waals surface area contributed by atoms with E-state index < -0.39 is 0 Å². The topological polar surface area (TPSA) is 39.9 Å². The second-order valence-corrected chi connectivity index (χ2v) is 3.00. The van der Waals surface area contributed by atoms with Crippen molar-refractivity contribution in [3.63, 3.8) is 0 Å². The lowest BCUT2D eigenvalue weighted by atomic mass is 10.3. The molecule has 0 unspecified atom stereocenters. The van der Waals surface area contributed by atoms with Gasteiger partial charge in [-0.1, -0.05) is 17.3 Å². The molecule has 74 valence electrons. The number of para-hydroxylation sites is 1. The molecule has 1 aromatic heterocycles. The van der Waals surface area contributed by atoms with Crippen LogP contribution in [0, 0.1) is 0 Å². The number of hydrogen-bond acceptors (Lipinski definition) is 3. The first-order chi connectivity index (χ1) is 6.92. The summed E-state index contributed by atoms with van der Waals surface area (Å²) in [7, 11) is 0. The molecule has 2 rings (SSSR count). The average molecular weight is 191 g/mol.